The Kier molecular flexibility index (Phi) is 3.76. The predicted molar refractivity (Wildman–Crippen MR) is 55.8 cm³/mol. The molecule has 0 fully saturated rings. The Bertz CT molecular complexity index is 438. The van der Waals surface area contributed by atoms with Crippen LogP contribution in [-0.2, 0) is 0 Å². The van der Waals surface area contributed by atoms with E-state index in [1.807, 2.05) is 0 Å². The van der Waals surface area contributed by atoms with Crippen LogP contribution in [0.25, 0.3) is 0 Å². The van der Waals surface area contributed by atoms with Crippen LogP contribution in [0.5, 0.6) is 0 Å². The number of hydrogen-bond donors (Lipinski definition) is 0. The summed E-state index contributed by atoms with van der Waals surface area (Å²) in [5, 5.41) is 10.6. The van der Waals surface area contributed by atoms with E-state index >= 15 is 0 Å². The first-order valence-electron chi connectivity index (χ1n) is 3.70. The lowest BCUT2D eigenvalue weighted by Gasteiger charge is -2.02. The van der Waals surface area contributed by atoms with Crippen molar-refractivity contribution in [3.8, 4) is 0 Å². The van der Waals surface area contributed by atoms with Crippen molar-refractivity contribution in [2.45, 2.75) is 0 Å². The Balaban J connectivity index is 3.46. The number of Topliss-reactive ketones (excluding diaryl/α,β-unsaturated/α-hetero) is 1. The molecule has 80 valence electrons. The Morgan fingerprint density at radius 2 is 2.20 bits per heavy atom. The average Bonchev–Trinajstić information content (AvgIpc) is 2.20. The van der Waals surface area contributed by atoms with Crippen LogP contribution in [-0.4, -0.2) is 16.6 Å². The van der Waals surface area contributed by atoms with Gasteiger partial charge in [0.1, 0.15) is 0 Å². The number of ketones is 1. The molecule has 0 heterocycles. The molecule has 0 atom stereocenters. The number of nitro benzene ring substituents is 1. The first-order chi connectivity index (χ1) is 6.99. The minimum Gasteiger partial charge on any atom is -0.293 e. The Morgan fingerprint density at radius 1 is 1.60 bits per heavy atom. The van der Waals surface area contributed by atoms with E-state index in [4.69, 9.17) is 11.6 Å². The van der Waals surface area contributed by atoms with Crippen molar-refractivity contribution in [1.82, 2.24) is 0 Å². The minimum atomic E-state index is -1.07. The smallest absolute Gasteiger partial charge is 0.293 e. The van der Waals surface area contributed by atoms with Crippen molar-refractivity contribution in [1.29, 1.82) is 0 Å². The number of nitro groups is 1. The van der Waals surface area contributed by atoms with E-state index in [9.17, 15) is 19.3 Å². The van der Waals surface area contributed by atoms with Gasteiger partial charge in [-0.05, 0) is 28.1 Å². The summed E-state index contributed by atoms with van der Waals surface area (Å²) in [7, 11) is 0. The zero-order chi connectivity index (χ0) is 11.6. The molecule has 0 radical (unpaired) electrons. The number of hydrogen-bond acceptors (Lipinski definition) is 3. The number of benzene rings is 1. The molecule has 0 unspecified atom stereocenters. The maximum atomic E-state index is 13.3. The lowest BCUT2D eigenvalue weighted by molar-refractivity contribution is -0.387. The van der Waals surface area contributed by atoms with Gasteiger partial charge in [0.25, 0.3) is 0 Å². The molecule has 0 amide bonds. The van der Waals surface area contributed by atoms with Crippen LogP contribution in [0.2, 0.25) is 0 Å². The normalized spacial score (nSPS) is 10.1. The molecular weight excluding hydrogens is 292 g/mol. The van der Waals surface area contributed by atoms with Gasteiger partial charge >= 0.3 is 5.69 Å². The maximum absolute atomic E-state index is 13.3. The lowest BCUT2D eigenvalue weighted by Crippen LogP contribution is -2.07. The summed E-state index contributed by atoms with van der Waals surface area (Å²) in [5.41, 5.74) is -1.18. The van der Waals surface area contributed by atoms with Gasteiger partial charge in [0, 0.05) is 0 Å². The standard InChI is InChI=1S/C8H4BrClFNO3/c9-5-2-1-4(6(13)3-10)8(7(5)11)12(14)15/h1-2H,3H2. The summed E-state index contributed by atoms with van der Waals surface area (Å²) in [6.07, 6.45) is 0. The van der Waals surface area contributed by atoms with Gasteiger partial charge in [0.15, 0.2) is 5.78 Å². The second-order valence-electron chi connectivity index (χ2n) is 2.57. The summed E-state index contributed by atoms with van der Waals surface area (Å²) >= 11 is 8.04. The molecule has 1 aromatic carbocycles. The minimum absolute atomic E-state index is 0.0691. The van der Waals surface area contributed by atoms with E-state index in [1.165, 1.54) is 6.07 Å². The second kappa shape index (κ2) is 4.67. The molecular formula is C8H4BrClFNO3. The van der Waals surface area contributed by atoms with E-state index < -0.39 is 28.1 Å². The first-order valence-corrected chi connectivity index (χ1v) is 5.03. The van der Waals surface area contributed by atoms with Crippen LogP contribution in [0.4, 0.5) is 10.1 Å². The van der Waals surface area contributed by atoms with Crippen LogP contribution < -0.4 is 0 Å². The van der Waals surface area contributed by atoms with Gasteiger partial charge in [-0.3, -0.25) is 14.9 Å². The SMILES string of the molecule is O=C(CCl)c1ccc(Br)c(F)c1[N+](=O)[O-]. The van der Waals surface area contributed by atoms with Crippen molar-refractivity contribution in [3.05, 3.63) is 38.1 Å². The highest BCUT2D eigenvalue weighted by Gasteiger charge is 2.26. The molecule has 0 aromatic heterocycles. The van der Waals surface area contributed by atoms with Gasteiger partial charge in [-0.2, -0.15) is 4.39 Å². The topological polar surface area (TPSA) is 60.2 Å². The van der Waals surface area contributed by atoms with Crippen LogP contribution in [0.1, 0.15) is 10.4 Å². The monoisotopic (exact) mass is 295 g/mol. The predicted octanol–water partition coefficient (Wildman–Crippen LogP) is 2.92. The van der Waals surface area contributed by atoms with E-state index in [-0.39, 0.29) is 10.0 Å². The third-order valence-corrected chi connectivity index (χ3v) is 2.53. The molecule has 0 aliphatic rings. The second-order valence-corrected chi connectivity index (χ2v) is 3.69. The number of rotatable bonds is 3. The number of halogens is 3. The molecule has 0 bridgehead atoms. The summed E-state index contributed by atoms with van der Waals surface area (Å²) in [5.74, 6) is -2.19. The highest BCUT2D eigenvalue weighted by Crippen LogP contribution is 2.29. The average molecular weight is 296 g/mol. The van der Waals surface area contributed by atoms with Crippen molar-refractivity contribution in [2.24, 2.45) is 0 Å². The fraction of sp³-hybridized carbons (Fsp3) is 0.125. The zero-order valence-corrected chi connectivity index (χ0v) is 9.51. The molecule has 7 heteroatoms. The van der Waals surface area contributed by atoms with Gasteiger partial charge in [0.2, 0.25) is 5.82 Å². The Morgan fingerprint density at radius 3 is 2.67 bits per heavy atom. The van der Waals surface area contributed by atoms with Gasteiger partial charge in [-0.15, -0.1) is 11.6 Å². The van der Waals surface area contributed by atoms with E-state index in [2.05, 4.69) is 15.9 Å². The summed E-state index contributed by atoms with van der Waals surface area (Å²) in [4.78, 5) is 20.8. The Hall–Kier alpha value is -1.01. The summed E-state index contributed by atoms with van der Waals surface area (Å²) < 4.78 is 13.3. The molecule has 0 aliphatic heterocycles. The summed E-state index contributed by atoms with van der Waals surface area (Å²) in [6, 6.07) is 2.39. The first kappa shape index (κ1) is 12.1. The fourth-order valence-electron chi connectivity index (χ4n) is 1.02. The van der Waals surface area contributed by atoms with Gasteiger partial charge in [-0.25, -0.2) is 0 Å². The lowest BCUT2D eigenvalue weighted by atomic mass is 10.1. The number of carbonyl (C=O) groups is 1. The van der Waals surface area contributed by atoms with E-state index in [0.717, 1.165) is 6.07 Å². The highest BCUT2D eigenvalue weighted by atomic mass is 79.9. The molecule has 0 spiro atoms. The van der Waals surface area contributed by atoms with E-state index in [0.29, 0.717) is 0 Å². The van der Waals surface area contributed by atoms with Crippen molar-refractivity contribution >= 4 is 39.0 Å². The zero-order valence-electron chi connectivity index (χ0n) is 7.17. The summed E-state index contributed by atoms with van der Waals surface area (Å²) in [6.45, 7) is 0. The maximum Gasteiger partial charge on any atom is 0.316 e. The molecule has 0 N–H and O–H groups in total. The van der Waals surface area contributed by atoms with Crippen molar-refractivity contribution in [3.63, 3.8) is 0 Å². The Labute approximate surface area is 97.3 Å². The van der Waals surface area contributed by atoms with Gasteiger partial charge in [-0.1, -0.05) is 0 Å². The molecule has 0 saturated carbocycles. The third kappa shape index (κ3) is 2.32. The molecule has 15 heavy (non-hydrogen) atoms. The number of nitrogens with zero attached hydrogens (tertiary/aromatic N) is 1. The van der Waals surface area contributed by atoms with Crippen LogP contribution in [0, 0.1) is 15.9 Å². The van der Waals surface area contributed by atoms with Crippen LogP contribution in [0.3, 0.4) is 0 Å². The molecule has 1 aromatic rings. The molecule has 4 nitrogen and oxygen atoms in total. The third-order valence-electron chi connectivity index (χ3n) is 1.67. The van der Waals surface area contributed by atoms with Gasteiger partial charge in [0.05, 0.1) is 20.8 Å². The number of carbonyl (C=O) groups excluding carboxylic acids is 1. The van der Waals surface area contributed by atoms with Crippen molar-refractivity contribution < 1.29 is 14.1 Å². The van der Waals surface area contributed by atoms with E-state index in [1.54, 1.807) is 0 Å². The quantitative estimate of drug-likeness (QED) is 0.373. The van der Waals surface area contributed by atoms with Crippen LogP contribution >= 0.6 is 27.5 Å². The largest absolute Gasteiger partial charge is 0.316 e. The number of alkyl halides is 1. The van der Waals surface area contributed by atoms with Crippen molar-refractivity contribution in [2.75, 3.05) is 5.88 Å². The molecule has 0 saturated heterocycles. The fourth-order valence-corrected chi connectivity index (χ4v) is 1.48. The van der Waals surface area contributed by atoms with Gasteiger partial charge < -0.3 is 0 Å². The van der Waals surface area contributed by atoms with Crippen LogP contribution in [0.15, 0.2) is 16.6 Å². The molecule has 1 rings (SSSR count). The highest BCUT2D eigenvalue weighted by molar-refractivity contribution is 9.10. The molecule has 0 aliphatic carbocycles.